The maximum Gasteiger partial charge on any atom is 0.219 e. The number of aromatic hydroxyl groups is 1. The standard InChI is InChI=1S/C19H34N2O5/c1-4-5-6-7-8-9-14-10-16(13-21-19(3,25)26)17(22)11-15(14)12-20-18(2,23)24/h10-11,20-26H,4-9,12-13H2,1-3H3. The molecule has 0 aromatic heterocycles. The molecule has 0 saturated heterocycles. The van der Waals surface area contributed by atoms with Crippen LogP contribution in [0.5, 0.6) is 5.75 Å². The number of hydrogen-bond acceptors (Lipinski definition) is 7. The van der Waals surface area contributed by atoms with E-state index in [0.29, 0.717) is 5.56 Å². The summed E-state index contributed by atoms with van der Waals surface area (Å²) >= 11 is 0. The van der Waals surface area contributed by atoms with Crippen molar-refractivity contribution in [2.45, 2.75) is 84.2 Å². The van der Waals surface area contributed by atoms with Gasteiger partial charge in [0.15, 0.2) is 0 Å². The Bertz CT molecular complexity index is 550. The maximum absolute atomic E-state index is 10.2. The fourth-order valence-corrected chi connectivity index (χ4v) is 2.71. The SMILES string of the molecule is CCCCCCCc1cc(CNC(C)(O)O)c(O)cc1CNC(C)(O)O. The number of phenolic OH excluding ortho intramolecular Hbond substituents is 1. The van der Waals surface area contributed by atoms with Gasteiger partial charge in [-0.25, -0.2) is 0 Å². The number of rotatable bonds is 12. The molecule has 0 aliphatic rings. The minimum Gasteiger partial charge on any atom is -0.508 e. The number of nitrogens with one attached hydrogen (secondary N) is 2. The molecule has 0 heterocycles. The summed E-state index contributed by atoms with van der Waals surface area (Å²) in [6.07, 6.45) is 6.47. The largest absolute Gasteiger partial charge is 0.508 e. The first kappa shape index (κ1) is 22.8. The number of unbranched alkanes of at least 4 members (excludes halogenated alkanes) is 4. The normalized spacial score (nSPS) is 12.6. The highest BCUT2D eigenvalue weighted by Crippen LogP contribution is 2.25. The van der Waals surface area contributed by atoms with Gasteiger partial charge in [-0.2, -0.15) is 0 Å². The van der Waals surface area contributed by atoms with E-state index >= 15 is 0 Å². The molecule has 1 aromatic rings. The first-order valence-electron chi connectivity index (χ1n) is 9.25. The van der Waals surface area contributed by atoms with Gasteiger partial charge in [-0.3, -0.25) is 10.6 Å². The van der Waals surface area contributed by atoms with E-state index in [0.717, 1.165) is 30.4 Å². The average Bonchev–Trinajstić information content (AvgIpc) is 2.51. The Morgan fingerprint density at radius 1 is 0.769 bits per heavy atom. The van der Waals surface area contributed by atoms with Crippen LogP contribution in [0.1, 0.15) is 69.6 Å². The van der Waals surface area contributed by atoms with E-state index < -0.39 is 11.8 Å². The van der Waals surface area contributed by atoms with Crippen LogP contribution in [0.2, 0.25) is 0 Å². The van der Waals surface area contributed by atoms with Crippen molar-refractivity contribution >= 4 is 0 Å². The molecule has 0 atom stereocenters. The monoisotopic (exact) mass is 370 g/mol. The molecule has 150 valence electrons. The minimum atomic E-state index is -2.03. The summed E-state index contributed by atoms with van der Waals surface area (Å²) in [5.74, 6) is -4.00. The van der Waals surface area contributed by atoms with Crippen LogP contribution in [0.15, 0.2) is 12.1 Å². The summed E-state index contributed by atoms with van der Waals surface area (Å²) in [4.78, 5) is 0. The molecule has 1 rings (SSSR count). The molecule has 0 unspecified atom stereocenters. The minimum absolute atomic E-state index is 0.0193. The van der Waals surface area contributed by atoms with Gasteiger partial charge in [0.1, 0.15) is 5.75 Å². The Labute approximate surface area is 155 Å². The van der Waals surface area contributed by atoms with Gasteiger partial charge in [-0.15, -0.1) is 0 Å². The van der Waals surface area contributed by atoms with Crippen molar-refractivity contribution in [2.24, 2.45) is 0 Å². The highest BCUT2D eigenvalue weighted by molar-refractivity contribution is 5.42. The number of hydrogen-bond donors (Lipinski definition) is 7. The highest BCUT2D eigenvalue weighted by atomic mass is 16.5. The molecule has 7 N–H and O–H groups in total. The lowest BCUT2D eigenvalue weighted by Gasteiger charge is -2.21. The van der Waals surface area contributed by atoms with Gasteiger partial charge in [0, 0.05) is 32.5 Å². The number of phenols is 1. The second-order valence-corrected chi connectivity index (χ2v) is 7.16. The molecule has 0 radical (unpaired) electrons. The van der Waals surface area contributed by atoms with E-state index in [1.807, 2.05) is 6.07 Å². The van der Waals surface area contributed by atoms with Crippen LogP contribution in [0, 0.1) is 0 Å². The van der Waals surface area contributed by atoms with Crippen LogP contribution in [-0.2, 0) is 19.5 Å². The lowest BCUT2D eigenvalue weighted by Crippen LogP contribution is -2.41. The molecule has 1 aromatic carbocycles. The third kappa shape index (κ3) is 9.47. The smallest absolute Gasteiger partial charge is 0.219 e. The lowest BCUT2D eigenvalue weighted by atomic mass is 9.97. The van der Waals surface area contributed by atoms with E-state index in [-0.39, 0.29) is 18.8 Å². The average molecular weight is 370 g/mol. The first-order chi connectivity index (χ1) is 12.0. The molecular formula is C19H34N2O5. The fourth-order valence-electron chi connectivity index (χ4n) is 2.71. The van der Waals surface area contributed by atoms with E-state index in [1.54, 1.807) is 6.07 Å². The van der Waals surface area contributed by atoms with Gasteiger partial charge >= 0.3 is 0 Å². The zero-order valence-corrected chi connectivity index (χ0v) is 16.0. The molecule has 26 heavy (non-hydrogen) atoms. The molecule has 0 spiro atoms. The van der Waals surface area contributed by atoms with Crippen LogP contribution in [0.4, 0.5) is 0 Å². The molecule has 0 amide bonds. The summed E-state index contributed by atoms with van der Waals surface area (Å²) in [6.45, 7) is 4.91. The number of aliphatic hydroxyl groups is 4. The van der Waals surface area contributed by atoms with Crippen LogP contribution in [-0.4, -0.2) is 37.4 Å². The summed E-state index contributed by atoms with van der Waals surface area (Å²) in [7, 11) is 0. The van der Waals surface area contributed by atoms with E-state index in [9.17, 15) is 25.5 Å². The Kier molecular flexibility index (Phi) is 8.95. The van der Waals surface area contributed by atoms with Crippen molar-refractivity contribution in [1.82, 2.24) is 10.6 Å². The van der Waals surface area contributed by atoms with Crippen molar-refractivity contribution in [3.63, 3.8) is 0 Å². The van der Waals surface area contributed by atoms with Crippen molar-refractivity contribution in [3.05, 3.63) is 28.8 Å². The molecule has 7 nitrogen and oxygen atoms in total. The van der Waals surface area contributed by atoms with Crippen LogP contribution < -0.4 is 10.6 Å². The van der Waals surface area contributed by atoms with E-state index in [2.05, 4.69) is 17.6 Å². The zero-order chi connectivity index (χ0) is 19.8. The van der Waals surface area contributed by atoms with Gasteiger partial charge in [-0.05, 0) is 30.0 Å². The third-order valence-corrected chi connectivity index (χ3v) is 4.18. The zero-order valence-electron chi connectivity index (χ0n) is 16.0. The van der Waals surface area contributed by atoms with Crippen molar-refractivity contribution < 1.29 is 25.5 Å². The molecule has 0 aliphatic carbocycles. The van der Waals surface area contributed by atoms with Crippen LogP contribution in [0.25, 0.3) is 0 Å². The van der Waals surface area contributed by atoms with Gasteiger partial charge in [-0.1, -0.05) is 38.7 Å². The number of aryl methyl sites for hydroxylation is 1. The molecule has 0 fully saturated rings. The van der Waals surface area contributed by atoms with Crippen LogP contribution in [0.3, 0.4) is 0 Å². The molecule has 7 heteroatoms. The highest BCUT2D eigenvalue weighted by Gasteiger charge is 2.18. The predicted molar refractivity (Wildman–Crippen MR) is 99.9 cm³/mol. The molecule has 0 saturated carbocycles. The Hall–Kier alpha value is -1.22. The fraction of sp³-hybridized carbons (Fsp3) is 0.684. The van der Waals surface area contributed by atoms with Crippen LogP contribution >= 0.6 is 0 Å². The third-order valence-electron chi connectivity index (χ3n) is 4.18. The van der Waals surface area contributed by atoms with Gasteiger partial charge in [0.2, 0.25) is 11.8 Å². The Morgan fingerprint density at radius 3 is 1.85 bits per heavy atom. The quantitative estimate of drug-likeness (QED) is 0.219. The lowest BCUT2D eigenvalue weighted by molar-refractivity contribution is -0.171. The van der Waals surface area contributed by atoms with Gasteiger partial charge in [0.05, 0.1) is 0 Å². The van der Waals surface area contributed by atoms with E-state index in [4.69, 9.17) is 0 Å². The molecular weight excluding hydrogens is 336 g/mol. The molecule has 0 bridgehead atoms. The summed E-state index contributed by atoms with van der Waals surface area (Å²) in [5, 5.41) is 53.0. The summed E-state index contributed by atoms with van der Waals surface area (Å²) in [5.41, 5.74) is 2.33. The maximum atomic E-state index is 10.2. The second kappa shape index (κ2) is 10.2. The summed E-state index contributed by atoms with van der Waals surface area (Å²) in [6, 6.07) is 3.42. The predicted octanol–water partition coefficient (Wildman–Crippen LogP) is 1.40. The summed E-state index contributed by atoms with van der Waals surface area (Å²) < 4.78 is 0. The topological polar surface area (TPSA) is 125 Å². The molecule has 0 aliphatic heterocycles. The second-order valence-electron chi connectivity index (χ2n) is 7.16. The van der Waals surface area contributed by atoms with Gasteiger partial charge < -0.3 is 25.5 Å². The first-order valence-corrected chi connectivity index (χ1v) is 9.25. The van der Waals surface area contributed by atoms with Crippen molar-refractivity contribution in [2.75, 3.05) is 0 Å². The number of benzene rings is 1. The van der Waals surface area contributed by atoms with Crippen molar-refractivity contribution in [3.8, 4) is 5.75 Å². The van der Waals surface area contributed by atoms with Gasteiger partial charge in [0.25, 0.3) is 0 Å². The Morgan fingerprint density at radius 2 is 1.31 bits per heavy atom. The van der Waals surface area contributed by atoms with Crippen molar-refractivity contribution in [1.29, 1.82) is 0 Å². The van der Waals surface area contributed by atoms with E-state index in [1.165, 1.54) is 33.1 Å². The Balaban J connectivity index is 2.89.